The molecule has 2 heterocycles. The summed E-state index contributed by atoms with van der Waals surface area (Å²) in [4.78, 5) is 13.9. The monoisotopic (exact) mass is 270 g/mol. The molecule has 2 aromatic heterocycles. The molecule has 2 N–H and O–H groups in total. The maximum Gasteiger partial charge on any atom is 0.178 e. The first-order chi connectivity index (χ1) is 9.71. The van der Waals surface area contributed by atoms with Crippen molar-refractivity contribution >= 4 is 0 Å². The van der Waals surface area contributed by atoms with Gasteiger partial charge in [0.25, 0.3) is 0 Å². The predicted molar refractivity (Wildman–Crippen MR) is 81.5 cm³/mol. The van der Waals surface area contributed by atoms with E-state index in [2.05, 4.69) is 18.8 Å². The number of hydrogen-bond donors (Lipinski definition) is 1. The Kier molecular flexibility index (Phi) is 4.79. The lowest BCUT2D eigenvalue weighted by atomic mass is 10.0. The smallest absolute Gasteiger partial charge is 0.178 e. The summed E-state index contributed by atoms with van der Waals surface area (Å²) in [6, 6.07) is 3.97. The molecule has 0 aliphatic rings. The van der Waals surface area contributed by atoms with Crippen LogP contribution in [0.4, 0.5) is 0 Å². The molecule has 2 rings (SSSR count). The lowest BCUT2D eigenvalue weighted by Crippen LogP contribution is -2.12. The number of pyridine rings is 1. The van der Waals surface area contributed by atoms with E-state index in [0.29, 0.717) is 6.54 Å². The topological polar surface area (TPSA) is 64.7 Å². The molecule has 4 heteroatoms. The summed E-state index contributed by atoms with van der Waals surface area (Å²) >= 11 is 0. The molecule has 0 bridgehead atoms. The van der Waals surface area contributed by atoms with Crippen molar-refractivity contribution in [2.45, 2.75) is 40.0 Å². The molecule has 0 saturated carbocycles. The third kappa shape index (κ3) is 2.85. The first-order valence-corrected chi connectivity index (χ1v) is 7.21. The predicted octanol–water partition coefficient (Wildman–Crippen LogP) is 2.47. The van der Waals surface area contributed by atoms with Gasteiger partial charge in [-0.2, -0.15) is 0 Å². The fourth-order valence-electron chi connectivity index (χ4n) is 2.43. The van der Waals surface area contributed by atoms with Crippen LogP contribution in [-0.4, -0.2) is 21.5 Å². The molecule has 4 nitrogen and oxygen atoms in total. The van der Waals surface area contributed by atoms with Crippen LogP contribution < -0.4 is 5.73 Å². The van der Waals surface area contributed by atoms with E-state index in [4.69, 9.17) is 15.7 Å². The largest absolute Gasteiger partial charge is 0.330 e. The highest BCUT2D eigenvalue weighted by molar-refractivity contribution is 5.55. The molecule has 0 fully saturated rings. The molecule has 2 aromatic rings. The average molecular weight is 270 g/mol. The summed E-state index contributed by atoms with van der Waals surface area (Å²) in [5.41, 5.74) is 11.1. The Bertz CT molecular complexity index is 568. The molecule has 0 atom stereocenters. The van der Waals surface area contributed by atoms with Gasteiger partial charge in [0.2, 0.25) is 0 Å². The zero-order valence-corrected chi connectivity index (χ0v) is 12.5. The fourth-order valence-corrected chi connectivity index (χ4v) is 2.43. The fraction of sp³-hybridized carbons (Fsp3) is 0.438. The Morgan fingerprint density at radius 3 is 2.25 bits per heavy atom. The van der Waals surface area contributed by atoms with Crippen molar-refractivity contribution in [1.82, 2.24) is 15.0 Å². The van der Waals surface area contributed by atoms with E-state index >= 15 is 0 Å². The van der Waals surface area contributed by atoms with E-state index < -0.39 is 0 Å². The Balaban J connectivity index is 2.59. The molecular weight excluding hydrogens is 248 g/mol. The van der Waals surface area contributed by atoms with Crippen molar-refractivity contribution < 1.29 is 0 Å². The lowest BCUT2D eigenvalue weighted by molar-refractivity contribution is 0.842. The second kappa shape index (κ2) is 6.57. The van der Waals surface area contributed by atoms with Crippen LogP contribution in [-0.2, 0) is 19.3 Å². The molecule has 0 aliphatic carbocycles. The van der Waals surface area contributed by atoms with Crippen LogP contribution in [0.15, 0.2) is 18.3 Å². The summed E-state index contributed by atoms with van der Waals surface area (Å²) < 4.78 is 0. The first kappa shape index (κ1) is 14.6. The molecule has 0 spiro atoms. The Morgan fingerprint density at radius 2 is 1.75 bits per heavy atom. The Hall–Kier alpha value is -1.81. The highest BCUT2D eigenvalue weighted by Gasteiger charge is 2.14. The van der Waals surface area contributed by atoms with E-state index in [1.165, 1.54) is 5.56 Å². The SMILES string of the molecule is CCc1nc(-c2ncccc2C)nc(CC)c1CCN. The Morgan fingerprint density at radius 1 is 1.10 bits per heavy atom. The number of aryl methyl sites for hydroxylation is 3. The Labute approximate surface area is 120 Å². The minimum Gasteiger partial charge on any atom is -0.330 e. The van der Waals surface area contributed by atoms with Gasteiger partial charge in [-0.05, 0) is 49.9 Å². The van der Waals surface area contributed by atoms with Crippen LogP contribution in [0.5, 0.6) is 0 Å². The van der Waals surface area contributed by atoms with Gasteiger partial charge >= 0.3 is 0 Å². The van der Waals surface area contributed by atoms with Crippen molar-refractivity contribution in [2.75, 3.05) is 6.54 Å². The highest BCUT2D eigenvalue weighted by atomic mass is 14.9. The van der Waals surface area contributed by atoms with Crippen LogP contribution in [0.25, 0.3) is 11.5 Å². The zero-order valence-electron chi connectivity index (χ0n) is 12.5. The standard InChI is InChI=1S/C16H22N4/c1-4-13-12(8-9-17)14(5-2)20-16(19-13)15-11(3)7-6-10-18-15/h6-7,10H,4-5,8-9,17H2,1-3H3. The number of hydrogen-bond acceptors (Lipinski definition) is 4. The number of rotatable bonds is 5. The summed E-state index contributed by atoms with van der Waals surface area (Å²) in [5.74, 6) is 0.734. The van der Waals surface area contributed by atoms with Gasteiger partial charge in [-0.1, -0.05) is 19.9 Å². The molecule has 0 radical (unpaired) electrons. The van der Waals surface area contributed by atoms with Crippen LogP contribution >= 0.6 is 0 Å². The van der Waals surface area contributed by atoms with Gasteiger partial charge in [0, 0.05) is 17.6 Å². The highest BCUT2D eigenvalue weighted by Crippen LogP contribution is 2.21. The normalized spacial score (nSPS) is 10.8. The van der Waals surface area contributed by atoms with Crippen LogP contribution in [0.3, 0.4) is 0 Å². The van der Waals surface area contributed by atoms with E-state index in [1.807, 2.05) is 19.1 Å². The second-order valence-corrected chi connectivity index (χ2v) is 4.83. The quantitative estimate of drug-likeness (QED) is 0.906. The van der Waals surface area contributed by atoms with Crippen molar-refractivity contribution in [3.8, 4) is 11.5 Å². The number of nitrogens with zero attached hydrogens (tertiary/aromatic N) is 3. The van der Waals surface area contributed by atoms with E-state index in [0.717, 1.165) is 47.7 Å². The van der Waals surface area contributed by atoms with Gasteiger partial charge in [0.1, 0.15) is 5.69 Å². The molecule has 0 unspecified atom stereocenters. The molecule has 0 saturated heterocycles. The summed E-state index contributed by atoms with van der Waals surface area (Å²) in [5, 5.41) is 0. The first-order valence-electron chi connectivity index (χ1n) is 7.21. The minimum absolute atomic E-state index is 0.630. The lowest BCUT2D eigenvalue weighted by Gasteiger charge is -2.13. The molecule has 0 amide bonds. The van der Waals surface area contributed by atoms with Crippen molar-refractivity contribution in [1.29, 1.82) is 0 Å². The van der Waals surface area contributed by atoms with Crippen LogP contribution in [0.1, 0.15) is 36.4 Å². The summed E-state index contributed by atoms with van der Waals surface area (Å²) in [6.07, 6.45) is 4.41. The average Bonchev–Trinajstić information content (AvgIpc) is 2.48. The molecule has 106 valence electrons. The second-order valence-electron chi connectivity index (χ2n) is 4.83. The van der Waals surface area contributed by atoms with Crippen LogP contribution in [0.2, 0.25) is 0 Å². The third-order valence-corrected chi connectivity index (χ3v) is 3.46. The van der Waals surface area contributed by atoms with Gasteiger partial charge in [-0.15, -0.1) is 0 Å². The van der Waals surface area contributed by atoms with E-state index in [-0.39, 0.29) is 0 Å². The summed E-state index contributed by atoms with van der Waals surface area (Å²) in [7, 11) is 0. The van der Waals surface area contributed by atoms with Crippen molar-refractivity contribution in [3.05, 3.63) is 40.8 Å². The zero-order chi connectivity index (χ0) is 14.5. The number of nitrogens with two attached hydrogens (primary N) is 1. The molecule has 20 heavy (non-hydrogen) atoms. The molecule has 0 aliphatic heterocycles. The molecular formula is C16H22N4. The van der Waals surface area contributed by atoms with E-state index in [9.17, 15) is 0 Å². The van der Waals surface area contributed by atoms with Crippen molar-refractivity contribution in [2.24, 2.45) is 5.73 Å². The number of aromatic nitrogens is 3. The van der Waals surface area contributed by atoms with E-state index in [1.54, 1.807) is 6.20 Å². The van der Waals surface area contributed by atoms with Gasteiger partial charge in [0.05, 0.1) is 0 Å². The van der Waals surface area contributed by atoms with Gasteiger partial charge in [-0.3, -0.25) is 4.98 Å². The van der Waals surface area contributed by atoms with Crippen LogP contribution in [0, 0.1) is 6.92 Å². The van der Waals surface area contributed by atoms with Gasteiger partial charge in [0.15, 0.2) is 5.82 Å². The maximum absolute atomic E-state index is 5.71. The maximum atomic E-state index is 5.71. The molecule has 0 aromatic carbocycles. The third-order valence-electron chi connectivity index (χ3n) is 3.46. The minimum atomic E-state index is 0.630. The van der Waals surface area contributed by atoms with Crippen molar-refractivity contribution in [3.63, 3.8) is 0 Å². The van der Waals surface area contributed by atoms with Gasteiger partial charge < -0.3 is 5.73 Å². The van der Waals surface area contributed by atoms with Gasteiger partial charge in [-0.25, -0.2) is 9.97 Å². The summed E-state index contributed by atoms with van der Waals surface area (Å²) in [6.45, 7) is 6.91.